The van der Waals surface area contributed by atoms with Crippen molar-refractivity contribution >= 4 is 39.0 Å². The zero-order chi connectivity index (χ0) is 30.3. The normalized spacial score (nSPS) is 12.2. The standard InChI is InChI=1S/C14H14N3.C12H13N2.C10H12N2/c1-10-3-4-14-12(5-10)6-13(16-14)8-17-9-15-7-11(17)2;1-3-13-8-11-7-10-6-9(2)4-5-12(10)14-11;1-7-2-3-10-8(4-7)5-9(6-11)12-10/h3-7,9,16H,2,8H2,1H3;3-7,14H,1,8H2,2H3;2-5,12H,6,11H2,1H3/q2*-1;. The van der Waals surface area contributed by atoms with Crippen molar-refractivity contribution in [2.24, 2.45) is 10.7 Å². The van der Waals surface area contributed by atoms with Crippen LogP contribution in [0.3, 0.4) is 0 Å². The molecule has 0 bridgehead atoms. The van der Waals surface area contributed by atoms with E-state index in [4.69, 9.17) is 5.73 Å². The first kappa shape index (κ1) is 29.4. The van der Waals surface area contributed by atoms with E-state index in [1.807, 2.05) is 4.90 Å². The van der Waals surface area contributed by atoms with Crippen molar-refractivity contribution in [1.29, 1.82) is 0 Å². The van der Waals surface area contributed by atoms with E-state index in [1.54, 1.807) is 19.1 Å². The number of H-pyrrole nitrogens is 3. The number of aromatic nitrogens is 3. The number of nitrogens with zero attached hydrogens (tertiary/aromatic N) is 3. The minimum absolute atomic E-state index is 0.577. The molecule has 3 aromatic carbocycles. The fourth-order valence-electron chi connectivity index (χ4n) is 5.05. The van der Waals surface area contributed by atoms with Crippen LogP contribution in [0.2, 0.25) is 0 Å². The number of fused-ring (bicyclic) bond motifs is 3. The maximum atomic E-state index is 5.52. The molecule has 43 heavy (non-hydrogen) atoms. The second-order valence-electron chi connectivity index (χ2n) is 10.9. The van der Waals surface area contributed by atoms with E-state index in [9.17, 15) is 0 Å². The summed E-state index contributed by atoms with van der Waals surface area (Å²) in [5.74, 6) is 0. The highest BCUT2D eigenvalue weighted by Gasteiger charge is 2.07. The Morgan fingerprint density at radius 1 is 0.767 bits per heavy atom. The third kappa shape index (κ3) is 7.39. The van der Waals surface area contributed by atoms with Gasteiger partial charge in [0.2, 0.25) is 0 Å². The fourth-order valence-corrected chi connectivity index (χ4v) is 5.05. The number of benzene rings is 3. The number of rotatable bonds is 6. The molecule has 0 saturated heterocycles. The van der Waals surface area contributed by atoms with Gasteiger partial charge in [-0.2, -0.15) is 12.8 Å². The van der Waals surface area contributed by atoms with Crippen LogP contribution in [0.25, 0.3) is 38.0 Å². The van der Waals surface area contributed by atoms with Gasteiger partial charge in [-0.1, -0.05) is 53.7 Å². The molecule has 6 aromatic rings. The average Bonchev–Trinajstić information content (AvgIpc) is 3.78. The summed E-state index contributed by atoms with van der Waals surface area (Å²) in [6.45, 7) is 17.6. The van der Waals surface area contributed by atoms with Crippen LogP contribution in [0.15, 0.2) is 103 Å². The molecule has 0 amide bonds. The molecular formula is C36H39N7-2. The Labute approximate surface area is 253 Å². The van der Waals surface area contributed by atoms with Crippen LogP contribution >= 0.6 is 0 Å². The van der Waals surface area contributed by atoms with Gasteiger partial charge in [-0.05, 0) is 104 Å². The molecule has 7 rings (SSSR count). The maximum absolute atomic E-state index is 5.52. The van der Waals surface area contributed by atoms with Gasteiger partial charge in [-0.15, -0.1) is 6.58 Å². The highest BCUT2D eigenvalue weighted by atomic mass is 15.2. The van der Waals surface area contributed by atoms with Crippen molar-refractivity contribution in [3.63, 3.8) is 0 Å². The zero-order valence-electron chi connectivity index (χ0n) is 25.1. The lowest BCUT2D eigenvalue weighted by Gasteiger charge is -2.20. The van der Waals surface area contributed by atoms with Crippen molar-refractivity contribution in [3.05, 3.63) is 143 Å². The van der Waals surface area contributed by atoms with Crippen LogP contribution in [0.1, 0.15) is 33.8 Å². The Morgan fingerprint density at radius 2 is 1.26 bits per heavy atom. The predicted octanol–water partition coefficient (Wildman–Crippen LogP) is 8.42. The van der Waals surface area contributed by atoms with Gasteiger partial charge in [0.05, 0.1) is 6.54 Å². The lowest BCUT2D eigenvalue weighted by molar-refractivity contribution is 0.542. The van der Waals surface area contributed by atoms with Crippen molar-refractivity contribution < 1.29 is 0 Å². The number of aryl methyl sites for hydroxylation is 3. The molecule has 0 saturated carbocycles. The van der Waals surface area contributed by atoms with E-state index in [0.29, 0.717) is 13.1 Å². The molecule has 5 N–H and O–H groups in total. The third-order valence-electron chi connectivity index (χ3n) is 7.25. The van der Waals surface area contributed by atoms with Gasteiger partial charge in [0.15, 0.2) is 0 Å². The topological polar surface area (TPSA) is 103 Å². The number of nitrogens with one attached hydrogen (secondary N) is 3. The predicted molar refractivity (Wildman–Crippen MR) is 182 cm³/mol. The van der Waals surface area contributed by atoms with Crippen LogP contribution in [0.4, 0.5) is 0 Å². The second kappa shape index (κ2) is 13.2. The van der Waals surface area contributed by atoms with Crippen molar-refractivity contribution in [3.8, 4) is 0 Å². The highest BCUT2D eigenvalue weighted by Crippen LogP contribution is 2.21. The van der Waals surface area contributed by atoms with E-state index >= 15 is 0 Å². The van der Waals surface area contributed by atoms with Gasteiger partial charge >= 0.3 is 0 Å². The average molecular weight is 570 g/mol. The molecule has 4 heterocycles. The number of aromatic amines is 3. The molecule has 7 nitrogen and oxygen atoms in total. The molecule has 220 valence electrons. The lowest BCUT2D eigenvalue weighted by atomic mass is 10.2. The van der Waals surface area contributed by atoms with Crippen LogP contribution in [0, 0.1) is 27.3 Å². The minimum Gasteiger partial charge on any atom is -0.686 e. The molecule has 0 radical (unpaired) electrons. The van der Waals surface area contributed by atoms with Crippen molar-refractivity contribution in [2.75, 3.05) is 0 Å². The summed E-state index contributed by atoms with van der Waals surface area (Å²) in [6, 6.07) is 25.6. The Hall–Kier alpha value is -5.14. The van der Waals surface area contributed by atoms with Gasteiger partial charge in [-0.25, -0.2) is 0 Å². The molecule has 1 aliphatic heterocycles. The summed E-state index contributed by atoms with van der Waals surface area (Å²) >= 11 is 0. The smallest absolute Gasteiger partial charge is 0.0502 e. The Balaban J connectivity index is 0.000000131. The van der Waals surface area contributed by atoms with Crippen LogP contribution in [-0.2, 0) is 19.6 Å². The van der Waals surface area contributed by atoms with Gasteiger partial charge in [-0.3, -0.25) is 0 Å². The summed E-state index contributed by atoms with van der Waals surface area (Å²) in [4.78, 5) is 16.1. The largest absolute Gasteiger partial charge is 0.686 e. The molecule has 0 spiro atoms. The van der Waals surface area contributed by atoms with Crippen LogP contribution in [-0.4, -0.2) is 26.2 Å². The molecule has 0 aliphatic carbocycles. The highest BCUT2D eigenvalue weighted by molar-refractivity contribution is 5.82. The Bertz CT molecular complexity index is 1900. The van der Waals surface area contributed by atoms with Gasteiger partial charge in [0, 0.05) is 34.5 Å². The summed E-state index contributed by atoms with van der Waals surface area (Å²) in [6.07, 6.45) is 3.38. The van der Waals surface area contributed by atoms with Crippen molar-refractivity contribution in [1.82, 2.24) is 19.9 Å². The fraction of sp³-hybridized carbons (Fsp3) is 0.167. The minimum atomic E-state index is 0.577. The van der Waals surface area contributed by atoms with Gasteiger partial charge in [0.1, 0.15) is 0 Å². The summed E-state index contributed by atoms with van der Waals surface area (Å²) in [7, 11) is 0. The zero-order valence-corrected chi connectivity index (χ0v) is 25.1. The maximum Gasteiger partial charge on any atom is 0.0502 e. The van der Waals surface area contributed by atoms with E-state index < -0.39 is 0 Å². The van der Waals surface area contributed by atoms with Crippen LogP contribution in [0.5, 0.6) is 0 Å². The quantitative estimate of drug-likeness (QED) is 0.151. The third-order valence-corrected chi connectivity index (χ3v) is 7.25. The summed E-state index contributed by atoms with van der Waals surface area (Å²) in [5.41, 5.74) is 17.2. The first-order chi connectivity index (χ1) is 20.8. The van der Waals surface area contributed by atoms with E-state index in [0.717, 1.165) is 23.6 Å². The van der Waals surface area contributed by atoms with E-state index in [1.165, 1.54) is 55.1 Å². The molecular weight excluding hydrogens is 530 g/mol. The Morgan fingerprint density at radius 3 is 1.74 bits per heavy atom. The first-order valence-corrected chi connectivity index (χ1v) is 14.4. The monoisotopic (exact) mass is 569 g/mol. The second-order valence-corrected chi connectivity index (χ2v) is 10.9. The van der Waals surface area contributed by atoms with E-state index in [2.05, 4.69) is 132 Å². The Kier molecular flexibility index (Phi) is 9.03. The molecule has 0 atom stereocenters. The molecule has 3 aromatic heterocycles. The van der Waals surface area contributed by atoms with Gasteiger partial charge in [0.25, 0.3) is 0 Å². The number of aliphatic imine (C=N–C) groups is 1. The summed E-state index contributed by atoms with van der Waals surface area (Å²) < 4.78 is 0. The van der Waals surface area contributed by atoms with Crippen LogP contribution < -0.4 is 5.73 Å². The summed E-state index contributed by atoms with van der Waals surface area (Å²) in [5, 5.41) is 7.84. The number of hydrogen-bond acceptors (Lipinski definition) is 3. The number of nitrogens with two attached hydrogens (primary N) is 1. The molecule has 0 unspecified atom stereocenters. The lowest BCUT2D eigenvalue weighted by Crippen LogP contribution is -2.15. The number of hydrogen-bond donors (Lipinski definition) is 4. The van der Waals surface area contributed by atoms with Crippen molar-refractivity contribution in [2.45, 2.75) is 40.4 Å². The molecule has 0 fully saturated rings. The SMILES string of the molecule is C=C1[CH-]N=CN1Cc1cc2cc(C)ccc2[nH]1.C=C[N-]Cc1cc2cc(C)ccc2[nH]1.Cc1ccc2[nH]c(CN)cc2c1. The first-order valence-electron chi connectivity index (χ1n) is 14.4. The molecule has 1 aliphatic rings. The molecule has 7 heteroatoms. The van der Waals surface area contributed by atoms with Gasteiger partial charge < -0.3 is 35.9 Å². The van der Waals surface area contributed by atoms with E-state index in [-0.39, 0.29) is 0 Å².